The van der Waals surface area contributed by atoms with Gasteiger partial charge < -0.3 is 9.47 Å². The zero-order chi connectivity index (χ0) is 26.2. The lowest BCUT2D eigenvalue weighted by molar-refractivity contribution is -0.0797. The monoisotopic (exact) mass is 510 g/mol. The topological polar surface area (TPSA) is 85.8 Å². The number of benzene rings is 1. The van der Waals surface area contributed by atoms with Crippen LogP contribution in [0.25, 0.3) is 11.1 Å². The highest BCUT2D eigenvalue weighted by molar-refractivity contribution is 7.90. The van der Waals surface area contributed by atoms with Gasteiger partial charge in [-0.25, -0.2) is 22.0 Å². The first-order valence-electron chi connectivity index (χ1n) is 11.3. The molecule has 0 radical (unpaired) electrons. The Balaban J connectivity index is 1.81. The standard InChI is InChI=1S/C25H32F2N2O5S/c1-24(2,3)34-23(30)29-21(14-26)22(33-25(29,4)5)17-9-7-16(8-10-17)18-13-19(27)20(28-15-18)11-12-35(6,31)32/h7-10,13,15,21-22H,11-12,14H2,1-6H3/t21-,22-/m1/s1. The third kappa shape index (κ3) is 6.55. The summed E-state index contributed by atoms with van der Waals surface area (Å²) >= 11 is 0. The summed E-state index contributed by atoms with van der Waals surface area (Å²) in [4.78, 5) is 18.2. The van der Waals surface area contributed by atoms with E-state index in [1.165, 1.54) is 17.2 Å². The molecule has 7 nitrogen and oxygen atoms in total. The van der Waals surface area contributed by atoms with Crippen molar-refractivity contribution in [2.45, 2.75) is 64.5 Å². The molecule has 0 saturated carbocycles. The van der Waals surface area contributed by atoms with Gasteiger partial charge in [0, 0.05) is 24.4 Å². The summed E-state index contributed by atoms with van der Waals surface area (Å²) in [7, 11) is -3.23. The SMILES string of the molecule is CC(C)(C)OC(=O)N1[C@H](CF)[C@@H](c2ccc(-c3cnc(CCS(C)(=O)=O)c(F)c3)cc2)OC1(C)C. The first kappa shape index (κ1) is 27.0. The minimum Gasteiger partial charge on any atom is -0.444 e. The summed E-state index contributed by atoms with van der Waals surface area (Å²) in [5.74, 6) is -0.764. The largest absolute Gasteiger partial charge is 0.444 e. The second-order valence-corrected chi connectivity index (χ2v) is 12.5. The van der Waals surface area contributed by atoms with Crippen LogP contribution in [0.1, 0.15) is 52.0 Å². The Morgan fingerprint density at radius 1 is 1.20 bits per heavy atom. The Bertz CT molecular complexity index is 1180. The van der Waals surface area contributed by atoms with Crippen LogP contribution in [0.3, 0.4) is 0 Å². The van der Waals surface area contributed by atoms with E-state index in [2.05, 4.69) is 4.98 Å². The van der Waals surface area contributed by atoms with E-state index in [1.54, 1.807) is 58.9 Å². The number of hydrogen-bond acceptors (Lipinski definition) is 6. The second kappa shape index (κ2) is 9.81. The Labute approximate surface area is 205 Å². The lowest BCUT2D eigenvalue weighted by atomic mass is 9.99. The molecule has 1 saturated heterocycles. The summed E-state index contributed by atoms with van der Waals surface area (Å²) in [6, 6.07) is 7.40. The van der Waals surface area contributed by atoms with E-state index in [1.807, 2.05) is 0 Å². The van der Waals surface area contributed by atoms with Crippen LogP contribution >= 0.6 is 0 Å². The number of aryl methyl sites for hydroxylation is 1. The van der Waals surface area contributed by atoms with Gasteiger partial charge in [-0.15, -0.1) is 0 Å². The number of hydrogen-bond donors (Lipinski definition) is 0. The molecular weight excluding hydrogens is 478 g/mol. The van der Waals surface area contributed by atoms with Gasteiger partial charge in [0.25, 0.3) is 0 Å². The van der Waals surface area contributed by atoms with Crippen molar-refractivity contribution in [2.75, 3.05) is 18.7 Å². The molecule has 1 fully saturated rings. The van der Waals surface area contributed by atoms with E-state index in [0.29, 0.717) is 16.7 Å². The zero-order valence-corrected chi connectivity index (χ0v) is 21.7. The Morgan fingerprint density at radius 2 is 1.83 bits per heavy atom. The van der Waals surface area contributed by atoms with Crippen LogP contribution in [-0.2, 0) is 25.7 Å². The number of sulfone groups is 1. The quantitative estimate of drug-likeness (QED) is 0.552. The molecule has 1 aliphatic rings. The maximum atomic E-state index is 14.5. The van der Waals surface area contributed by atoms with Gasteiger partial charge in [-0.3, -0.25) is 9.88 Å². The van der Waals surface area contributed by atoms with E-state index in [4.69, 9.17) is 9.47 Å². The smallest absolute Gasteiger partial charge is 0.413 e. The predicted molar refractivity (Wildman–Crippen MR) is 129 cm³/mol. The number of halogens is 2. The van der Waals surface area contributed by atoms with Crippen LogP contribution < -0.4 is 0 Å². The molecule has 2 aromatic rings. The van der Waals surface area contributed by atoms with Gasteiger partial charge in [-0.2, -0.15) is 0 Å². The van der Waals surface area contributed by atoms with Gasteiger partial charge >= 0.3 is 6.09 Å². The number of ether oxygens (including phenoxy) is 2. The van der Waals surface area contributed by atoms with Gasteiger partial charge in [0.2, 0.25) is 0 Å². The van der Waals surface area contributed by atoms with Crippen LogP contribution in [-0.4, -0.2) is 60.4 Å². The molecule has 3 rings (SSSR count). The number of carbonyl (C=O) groups excluding carboxylic acids is 1. The fraction of sp³-hybridized carbons (Fsp3) is 0.520. The molecule has 35 heavy (non-hydrogen) atoms. The number of carbonyl (C=O) groups is 1. The summed E-state index contributed by atoms with van der Waals surface area (Å²) in [5.41, 5.74) is 0.114. The molecule has 0 unspecified atom stereocenters. The number of amides is 1. The van der Waals surface area contributed by atoms with Crippen LogP contribution in [0.15, 0.2) is 36.5 Å². The number of alkyl halides is 1. The molecule has 2 heterocycles. The lowest BCUT2D eigenvalue weighted by Crippen LogP contribution is -2.50. The molecular formula is C25H32F2N2O5S. The zero-order valence-electron chi connectivity index (χ0n) is 20.8. The average molecular weight is 511 g/mol. The van der Waals surface area contributed by atoms with Crippen molar-refractivity contribution in [1.82, 2.24) is 9.88 Å². The third-order valence-corrected chi connectivity index (χ3v) is 6.57. The highest BCUT2D eigenvalue weighted by Gasteiger charge is 2.51. The summed E-state index contributed by atoms with van der Waals surface area (Å²) in [5, 5.41) is 0. The average Bonchev–Trinajstić information content (AvgIpc) is 3.01. The fourth-order valence-electron chi connectivity index (χ4n) is 4.04. The van der Waals surface area contributed by atoms with Gasteiger partial charge in [0.05, 0.1) is 17.5 Å². The molecule has 1 aromatic carbocycles. The van der Waals surface area contributed by atoms with Crippen LogP contribution in [0.4, 0.5) is 13.6 Å². The summed E-state index contributed by atoms with van der Waals surface area (Å²) < 4.78 is 62.9. The highest BCUT2D eigenvalue weighted by atomic mass is 32.2. The first-order chi connectivity index (χ1) is 16.1. The molecule has 2 atom stereocenters. The van der Waals surface area contributed by atoms with Crippen LogP contribution in [0.5, 0.6) is 0 Å². The molecule has 0 bridgehead atoms. The maximum absolute atomic E-state index is 14.5. The minimum absolute atomic E-state index is 0.00252. The maximum Gasteiger partial charge on any atom is 0.413 e. The van der Waals surface area contributed by atoms with Crippen molar-refractivity contribution >= 4 is 15.9 Å². The molecule has 192 valence electrons. The van der Waals surface area contributed by atoms with Crippen molar-refractivity contribution < 1.29 is 31.5 Å². The van der Waals surface area contributed by atoms with E-state index >= 15 is 0 Å². The normalized spacial score (nSPS) is 20.2. The number of nitrogens with zero attached hydrogens (tertiary/aromatic N) is 2. The van der Waals surface area contributed by atoms with Crippen molar-refractivity contribution in [2.24, 2.45) is 0 Å². The molecule has 1 amide bonds. The minimum atomic E-state index is -3.23. The Hall–Kier alpha value is -2.59. The van der Waals surface area contributed by atoms with Gasteiger partial charge in [-0.1, -0.05) is 24.3 Å². The molecule has 10 heteroatoms. The van der Waals surface area contributed by atoms with Crippen molar-refractivity contribution in [3.63, 3.8) is 0 Å². The molecule has 0 N–H and O–H groups in total. The summed E-state index contributed by atoms with van der Waals surface area (Å²) in [6.45, 7) is 7.78. The molecule has 1 aliphatic heterocycles. The van der Waals surface area contributed by atoms with E-state index < -0.39 is 51.9 Å². The highest BCUT2D eigenvalue weighted by Crippen LogP contribution is 2.42. The van der Waals surface area contributed by atoms with Gasteiger partial charge in [0.1, 0.15) is 39.8 Å². The number of aromatic nitrogens is 1. The van der Waals surface area contributed by atoms with Crippen LogP contribution in [0, 0.1) is 5.82 Å². The van der Waals surface area contributed by atoms with Crippen molar-refractivity contribution in [3.05, 3.63) is 53.6 Å². The number of rotatable bonds is 6. The van der Waals surface area contributed by atoms with Gasteiger partial charge in [-0.05, 0) is 51.8 Å². The fourth-order valence-corrected chi connectivity index (χ4v) is 4.61. The predicted octanol–water partition coefficient (Wildman–Crippen LogP) is 4.86. The van der Waals surface area contributed by atoms with E-state index in [9.17, 15) is 22.0 Å². The number of pyridine rings is 1. The van der Waals surface area contributed by atoms with E-state index in [0.717, 1.165) is 6.26 Å². The van der Waals surface area contributed by atoms with Gasteiger partial charge in [0.15, 0.2) is 0 Å². The Kier molecular flexibility index (Phi) is 7.57. The first-order valence-corrected chi connectivity index (χ1v) is 13.4. The van der Waals surface area contributed by atoms with Crippen molar-refractivity contribution in [1.29, 1.82) is 0 Å². The molecule has 0 spiro atoms. The third-order valence-electron chi connectivity index (χ3n) is 5.62. The van der Waals surface area contributed by atoms with E-state index in [-0.39, 0.29) is 17.9 Å². The lowest BCUT2D eigenvalue weighted by Gasteiger charge is -2.34. The molecule has 0 aliphatic carbocycles. The molecule has 1 aromatic heterocycles. The van der Waals surface area contributed by atoms with Crippen molar-refractivity contribution in [3.8, 4) is 11.1 Å². The van der Waals surface area contributed by atoms with Crippen LogP contribution in [0.2, 0.25) is 0 Å². The second-order valence-electron chi connectivity index (χ2n) is 10.2. The summed E-state index contributed by atoms with van der Waals surface area (Å²) in [6.07, 6.45) is 1.21. The Morgan fingerprint density at radius 3 is 2.34 bits per heavy atom.